The van der Waals surface area contributed by atoms with Crippen LogP contribution in [0.25, 0.3) is 0 Å². The topological polar surface area (TPSA) is 57.7 Å². The van der Waals surface area contributed by atoms with E-state index in [0.29, 0.717) is 43.3 Å². The van der Waals surface area contributed by atoms with E-state index in [9.17, 15) is 17.6 Å². The molecule has 5 nitrogen and oxygen atoms in total. The molecule has 0 spiro atoms. The predicted molar refractivity (Wildman–Crippen MR) is 102 cm³/mol. The van der Waals surface area contributed by atoms with Gasteiger partial charge in [-0.25, -0.2) is 12.8 Å². The summed E-state index contributed by atoms with van der Waals surface area (Å²) in [6, 6.07) is 10.3. The highest BCUT2D eigenvalue weighted by Gasteiger charge is 2.28. The number of rotatable bonds is 5. The first-order valence-electron chi connectivity index (χ1n) is 8.55. The molecule has 0 atom stereocenters. The predicted octanol–water partition coefficient (Wildman–Crippen LogP) is 3.19. The monoisotopic (exact) mass is 410 g/mol. The van der Waals surface area contributed by atoms with Crippen LogP contribution in [0.5, 0.6) is 0 Å². The molecule has 1 aliphatic heterocycles. The Balaban J connectivity index is 1.64. The van der Waals surface area contributed by atoms with Crippen LogP contribution in [0.2, 0.25) is 5.02 Å². The largest absolute Gasteiger partial charge is 0.296 e. The fourth-order valence-electron chi connectivity index (χ4n) is 3.03. The van der Waals surface area contributed by atoms with Crippen LogP contribution >= 0.6 is 11.6 Å². The summed E-state index contributed by atoms with van der Waals surface area (Å²) >= 11 is 6.07. The van der Waals surface area contributed by atoms with Crippen LogP contribution < -0.4 is 0 Å². The first kappa shape index (κ1) is 19.9. The van der Waals surface area contributed by atoms with Crippen molar-refractivity contribution in [1.29, 1.82) is 0 Å². The molecule has 0 bridgehead atoms. The van der Waals surface area contributed by atoms with Crippen molar-refractivity contribution in [3.63, 3.8) is 0 Å². The number of hydrogen-bond acceptors (Lipinski definition) is 4. The number of halogens is 2. The molecule has 2 aromatic rings. The Morgan fingerprint density at radius 2 is 1.70 bits per heavy atom. The third-order valence-corrected chi connectivity index (χ3v) is 6.90. The van der Waals surface area contributed by atoms with E-state index >= 15 is 0 Å². The Bertz CT molecular complexity index is 940. The van der Waals surface area contributed by atoms with Gasteiger partial charge in [-0.2, -0.15) is 4.31 Å². The van der Waals surface area contributed by atoms with Gasteiger partial charge in [-0.15, -0.1) is 0 Å². The fraction of sp³-hybridized carbons (Fsp3) is 0.316. The fourth-order valence-corrected chi connectivity index (χ4v) is 4.68. The van der Waals surface area contributed by atoms with E-state index in [4.69, 9.17) is 11.6 Å². The molecule has 0 amide bonds. The van der Waals surface area contributed by atoms with E-state index in [0.717, 1.165) is 5.56 Å². The van der Waals surface area contributed by atoms with Gasteiger partial charge in [0, 0.05) is 43.3 Å². The maximum absolute atomic E-state index is 13.1. The zero-order chi connectivity index (χ0) is 19.6. The van der Waals surface area contributed by atoms with Crippen molar-refractivity contribution in [2.24, 2.45) is 0 Å². The second-order valence-corrected chi connectivity index (χ2v) is 8.84. The molecule has 0 aromatic heterocycles. The maximum atomic E-state index is 13.1. The maximum Gasteiger partial charge on any atom is 0.243 e. The molecule has 0 radical (unpaired) electrons. The molecule has 0 N–H and O–H groups in total. The second-order valence-electron chi connectivity index (χ2n) is 6.50. The Hall–Kier alpha value is -1.80. The number of hydrogen-bond donors (Lipinski definition) is 0. The Kier molecular flexibility index (Phi) is 5.95. The Labute approximate surface area is 163 Å². The van der Waals surface area contributed by atoms with Crippen molar-refractivity contribution in [2.45, 2.75) is 18.4 Å². The number of carbonyl (C=O) groups is 1. The third kappa shape index (κ3) is 4.55. The quantitative estimate of drug-likeness (QED) is 0.710. The van der Waals surface area contributed by atoms with Crippen LogP contribution in [0, 0.1) is 5.82 Å². The summed E-state index contributed by atoms with van der Waals surface area (Å²) in [7, 11) is -3.59. The number of ketones is 1. The first-order valence-corrected chi connectivity index (χ1v) is 10.4. The van der Waals surface area contributed by atoms with Gasteiger partial charge in [0.1, 0.15) is 5.82 Å². The lowest BCUT2D eigenvalue weighted by Gasteiger charge is -2.34. The van der Waals surface area contributed by atoms with Gasteiger partial charge in [0.05, 0.1) is 4.90 Å². The number of benzene rings is 2. The van der Waals surface area contributed by atoms with Crippen LogP contribution in [-0.2, 0) is 16.6 Å². The average molecular weight is 411 g/mol. The van der Waals surface area contributed by atoms with E-state index < -0.39 is 10.0 Å². The molecule has 27 heavy (non-hydrogen) atoms. The molecule has 2 aromatic carbocycles. The van der Waals surface area contributed by atoms with Crippen molar-refractivity contribution >= 4 is 27.4 Å². The molecule has 1 aliphatic rings. The normalized spacial score (nSPS) is 16.4. The molecular weight excluding hydrogens is 391 g/mol. The number of piperazine rings is 1. The van der Waals surface area contributed by atoms with Gasteiger partial charge in [-0.3, -0.25) is 9.69 Å². The van der Waals surface area contributed by atoms with Gasteiger partial charge in [0.2, 0.25) is 10.0 Å². The van der Waals surface area contributed by atoms with E-state index in [2.05, 4.69) is 4.90 Å². The van der Waals surface area contributed by atoms with Gasteiger partial charge >= 0.3 is 0 Å². The lowest BCUT2D eigenvalue weighted by molar-refractivity contribution is 0.101. The minimum Gasteiger partial charge on any atom is -0.296 e. The van der Waals surface area contributed by atoms with Crippen LogP contribution in [0.3, 0.4) is 0 Å². The minimum atomic E-state index is -3.59. The minimum absolute atomic E-state index is 0.105. The molecule has 3 rings (SSSR count). The number of sulfonamides is 1. The summed E-state index contributed by atoms with van der Waals surface area (Å²) in [4.78, 5) is 13.6. The molecule has 144 valence electrons. The van der Waals surface area contributed by atoms with Crippen molar-refractivity contribution < 1.29 is 17.6 Å². The van der Waals surface area contributed by atoms with Gasteiger partial charge in [-0.1, -0.05) is 29.8 Å². The first-order chi connectivity index (χ1) is 12.8. The highest BCUT2D eigenvalue weighted by molar-refractivity contribution is 7.89. The summed E-state index contributed by atoms with van der Waals surface area (Å²) < 4.78 is 40.2. The molecule has 1 fully saturated rings. The Morgan fingerprint density at radius 1 is 1.07 bits per heavy atom. The molecule has 0 unspecified atom stereocenters. The van der Waals surface area contributed by atoms with Crippen molar-refractivity contribution in [3.8, 4) is 0 Å². The van der Waals surface area contributed by atoms with Gasteiger partial charge < -0.3 is 0 Å². The zero-order valence-electron chi connectivity index (χ0n) is 14.9. The van der Waals surface area contributed by atoms with Crippen LogP contribution in [0.1, 0.15) is 22.8 Å². The Morgan fingerprint density at radius 3 is 2.26 bits per heavy atom. The summed E-state index contributed by atoms with van der Waals surface area (Å²) in [5.74, 6) is -0.484. The van der Waals surface area contributed by atoms with E-state index in [1.54, 1.807) is 6.07 Å². The summed E-state index contributed by atoms with van der Waals surface area (Å²) in [6.45, 7) is 3.80. The number of carbonyl (C=O) groups excluding carboxylic acids is 1. The zero-order valence-corrected chi connectivity index (χ0v) is 16.4. The second kappa shape index (κ2) is 8.06. The summed E-state index contributed by atoms with van der Waals surface area (Å²) in [6.07, 6.45) is 0. The number of Topliss-reactive ketones (excluding diaryl/α,β-unsaturated/α-hetero) is 1. The molecule has 8 heteroatoms. The van der Waals surface area contributed by atoms with Gasteiger partial charge in [0.25, 0.3) is 0 Å². The smallest absolute Gasteiger partial charge is 0.243 e. The van der Waals surface area contributed by atoms with Crippen molar-refractivity contribution in [1.82, 2.24) is 9.21 Å². The van der Waals surface area contributed by atoms with Gasteiger partial charge in [0.15, 0.2) is 5.78 Å². The van der Waals surface area contributed by atoms with E-state index in [1.807, 2.05) is 0 Å². The molecule has 1 saturated heterocycles. The van der Waals surface area contributed by atoms with Crippen LogP contribution in [0.4, 0.5) is 4.39 Å². The average Bonchev–Trinajstić information content (AvgIpc) is 2.64. The summed E-state index contributed by atoms with van der Waals surface area (Å²) in [5, 5.41) is 0.371. The standard InChI is InChI=1S/C19H20ClFN2O3S/c1-14(24)15-3-6-18(7-4-15)27(25,26)23-10-8-22(9-11-23)13-16-2-5-17(21)12-19(16)20/h2-7,12H,8-11,13H2,1H3. The van der Waals surface area contributed by atoms with Crippen LogP contribution in [-0.4, -0.2) is 49.6 Å². The molecule has 0 saturated carbocycles. The highest BCUT2D eigenvalue weighted by Crippen LogP contribution is 2.22. The number of nitrogens with zero attached hydrogens (tertiary/aromatic N) is 2. The van der Waals surface area contributed by atoms with Crippen molar-refractivity contribution in [2.75, 3.05) is 26.2 Å². The third-order valence-electron chi connectivity index (χ3n) is 4.64. The van der Waals surface area contributed by atoms with Gasteiger partial charge in [-0.05, 0) is 36.8 Å². The van der Waals surface area contributed by atoms with Crippen LogP contribution in [0.15, 0.2) is 47.4 Å². The van der Waals surface area contributed by atoms with Crippen molar-refractivity contribution in [3.05, 3.63) is 64.4 Å². The molecule has 1 heterocycles. The highest BCUT2D eigenvalue weighted by atomic mass is 35.5. The lowest BCUT2D eigenvalue weighted by Crippen LogP contribution is -2.48. The SMILES string of the molecule is CC(=O)c1ccc(S(=O)(=O)N2CCN(Cc3ccc(F)cc3Cl)CC2)cc1. The van der Waals surface area contributed by atoms with E-state index in [-0.39, 0.29) is 16.5 Å². The lowest BCUT2D eigenvalue weighted by atomic mass is 10.2. The molecule has 0 aliphatic carbocycles. The van der Waals surface area contributed by atoms with E-state index in [1.165, 1.54) is 47.6 Å². The summed E-state index contributed by atoms with van der Waals surface area (Å²) in [5.41, 5.74) is 1.30. The molecular formula is C19H20ClFN2O3S.